The van der Waals surface area contributed by atoms with Crippen molar-refractivity contribution < 1.29 is 18.0 Å². The Morgan fingerprint density at radius 1 is 1.07 bits per heavy atom. The van der Waals surface area contributed by atoms with Gasteiger partial charge in [-0.3, -0.25) is 14.3 Å². The molecule has 140 valence electrons. The summed E-state index contributed by atoms with van der Waals surface area (Å²) in [6.07, 6.45) is 3.56. The van der Waals surface area contributed by atoms with Gasteiger partial charge in [0.25, 0.3) is 10.0 Å². The van der Waals surface area contributed by atoms with Crippen molar-refractivity contribution in [2.75, 3.05) is 10.0 Å². The third-order valence-corrected chi connectivity index (χ3v) is 6.90. The molecular formula is C20H20N2O4S. The first-order chi connectivity index (χ1) is 12.8. The highest BCUT2D eigenvalue weighted by molar-refractivity contribution is 7.92. The van der Waals surface area contributed by atoms with Gasteiger partial charge in [-0.2, -0.15) is 0 Å². The van der Waals surface area contributed by atoms with Crippen LogP contribution in [-0.2, 0) is 20.2 Å². The van der Waals surface area contributed by atoms with E-state index in [0.717, 1.165) is 36.9 Å². The number of fused-ring (bicyclic) bond motifs is 2. The summed E-state index contributed by atoms with van der Waals surface area (Å²) >= 11 is 0. The number of Topliss-reactive ketones (excluding diaryl/α,β-unsaturated/α-hetero) is 1. The number of ketones is 1. The summed E-state index contributed by atoms with van der Waals surface area (Å²) in [5.41, 5.74) is 1.99. The predicted molar refractivity (Wildman–Crippen MR) is 102 cm³/mol. The van der Waals surface area contributed by atoms with Gasteiger partial charge in [0.1, 0.15) is 0 Å². The number of sulfonamides is 1. The minimum atomic E-state index is -3.79. The molecule has 1 fully saturated rings. The Hall–Kier alpha value is -2.67. The molecule has 4 rings (SSSR count). The Kier molecular flexibility index (Phi) is 4.07. The van der Waals surface area contributed by atoms with Crippen molar-refractivity contribution in [3.05, 3.63) is 53.6 Å². The van der Waals surface area contributed by atoms with Crippen LogP contribution in [0.15, 0.2) is 47.4 Å². The number of anilines is 2. The number of carbonyl (C=O) groups is 2. The minimum absolute atomic E-state index is 0.00910. The SMILES string of the molecule is CC(=O)c1ccc(S(=O)(=O)Nc2ccc3c(c2)C2(CCCC2)C(=O)N3)cc1. The zero-order valence-corrected chi connectivity index (χ0v) is 15.7. The molecular weight excluding hydrogens is 364 g/mol. The van der Waals surface area contributed by atoms with E-state index in [9.17, 15) is 18.0 Å². The topological polar surface area (TPSA) is 92.3 Å². The number of carbonyl (C=O) groups excluding carboxylic acids is 2. The van der Waals surface area contributed by atoms with Crippen molar-refractivity contribution in [1.29, 1.82) is 0 Å². The average Bonchev–Trinajstić information content (AvgIpc) is 3.22. The predicted octanol–water partition coefficient (Wildman–Crippen LogP) is 3.45. The molecule has 0 radical (unpaired) electrons. The van der Waals surface area contributed by atoms with E-state index in [2.05, 4.69) is 10.0 Å². The molecule has 7 heteroatoms. The fourth-order valence-corrected chi connectivity index (χ4v) is 5.08. The number of hydrogen-bond donors (Lipinski definition) is 2. The number of rotatable bonds is 4. The van der Waals surface area contributed by atoms with Gasteiger partial charge in [-0.25, -0.2) is 8.42 Å². The highest BCUT2D eigenvalue weighted by atomic mass is 32.2. The van der Waals surface area contributed by atoms with Crippen LogP contribution in [0.5, 0.6) is 0 Å². The van der Waals surface area contributed by atoms with Gasteiger partial charge >= 0.3 is 0 Å². The van der Waals surface area contributed by atoms with Crippen LogP contribution >= 0.6 is 0 Å². The van der Waals surface area contributed by atoms with Crippen molar-refractivity contribution in [2.24, 2.45) is 0 Å². The van der Waals surface area contributed by atoms with E-state index in [1.807, 2.05) is 0 Å². The molecule has 0 aromatic heterocycles. The van der Waals surface area contributed by atoms with Crippen molar-refractivity contribution in [3.63, 3.8) is 0 Å². The largest absolute Gasteiger partial charge is 0.325 e. The van der Waals surface area contributed by atoms with Gasteiger partial charge in [-0.05, 0) is 55.7 Å². The van der Waals surface area contributed by atoms with Crippen LogP contribution in [0.3, 0.4) is 0 Å². The van der Waals surface area contributed by atoms with Gasteiger partial charge in [-0.1, -0.05) is 25.0 Å². The zero-order valence-electron chi connectivity index (χ0n) is 14.9. The Morgan fingerprint density at radius 3 is 2.37 bits per heavy atom. The average molecular weight is 384 g/mol. The summed E-state index contributed by atoms with van der Waals surface area (Å²) in [5, 5.41) is 2.92. The molecule has 1 heterocycles. The second-order valence-corrected chi connectivity index (χ2v) is 8.87. The van der Waals surface area contributed by atoms with Crippen molar-refractivity contribution in [2.45, 2.75) is 42.9 Å². The molecule has 2 aromatic rings. The maximum atomic E-state index is 12.7. The molecule has 0 saturated heterocycles. The third-order valence-electron chi connectivity index (χ3n) is 5.50. The lowest BCUT2D eigenvalue weighted by molar-refractivity contribution is -0.120. The van der Waals surface area contributed by atoms with Crippen LogP contribution in [0.25, 0.3) is 0 Å². The van der Waals surface area contributed by atoms with Gasteiger partial charge < -0.3 is 5.32 Å². The summed E-state index contributed by atoms with van der Waals surface area (Å²) in [4.78, 5) is 23.9. The lowest BCUT2D eigenvalue weighted by Gasteiger charge is -2.21. The maximum absolute atomic E-state index is 12.7. The summed E-state index contributed by atoms with van der Waals surface area (Å²) in [5.74, 6) is -0.112. The van der Waals surface area contributed by atoms with Crippen LogP contribution in [0.1, 0.15) is 48.5 Å². The summed E-state index contributed by atoms with van der Waals surface area (Å²) in [6, 6.07) is 11.0. The van der Waals surface area contributed by atoms with E-state index in [1.165, 1.54) is 31.2 Å². The van der Waals surface area contributed by atoms with Gasteiger partial charge in [0.05, 0.1) is 10.3 Å². The Balaban J connectivity index is 1.65. The van der Waals surface area contributed by atoms with Crippen LogP contribution in [0.2, 0.25) is 0 Å². The molecule has 1 aliphatic heterocycles. The fraction of sp³-hybridized carbons (Fsp3) is 0.300. The van der Waals surface area contributed by atoms with Gasteiger partial charge in [0, 0.05) is 16.9 Å². The Labute approximate surface area is 158 Å². The zero-order chi connectivity index (χ0) is 19.2. The van der Waals surface area contributed by atoms with Crippen molar-refractivity contribution >= 4 is 33.1 Å². The van der Waals surface area contributed by atoms with E-state index < -0.39 is 15.4 Å². The molecule has 0 atom stereocenters. The fourth-order valence-electron chi connectivity index (χ4n) is 4.03. The minimum Gasteiger partial charge on any atom is -0.325 e. The van der Waals surface area contributed by atoms with E-state index in [1.54, 1.807) is 18.2 Å². The monoisotopic (exact) mass is 384 g/mol. The van der Waals surface area contributed by atoms with Crippen LogP contribution in [0, 0.1) is 0 Å². The number of benzene rings is 2. The van der Waals surface area contributed by atoms with Gasteiger partial charge in [0.15, 0.2) is 5.78 Å². The summed E-state index contributed by atoms with van der Waals surface area (Å²) in [7, 11) is -3.79. The van der Waals surface area contributed by atoms with Crippen LogP contribution < -0.4 is 10.0 Å². The van der Waals surface area contributed by atoms with Crippen molar-refractivity contribution in [3.8, 4) is 0 Å². The molecule has 2 aromatic carbocycles. The molecule has 2 N–H and O–H groups in total. The molecule has 2 aliphatic rings. The molecule has 1 spiro atoms. The van der Waals surface area contributed by atoms with Gasteiger partial charge in [-0.15, -0.1) is 0 Å². The first kappa shape index (κ1) is 17.7. The van der Waals surface area contributed by atoms with Crippen LogP contribution in [0.4, 0.5) is 11.4 Å². The highest BCUT2D eigenvalue weighted by Crippen LogP contribution is 2.49. The number of hydrogen-bond acceptors (Lipinski definition) is 4. The second kappa shape index (κ2) is 6.20. The first-order valence-electron chi connectivity index (χ1n) is 8.92. The first-order valence-corrected chi connectivity index (χ1v) is 10.4. The van der Waals surface area contributed by atoms with Crippen molar-refractivity contribution in [1.82, 2.24) is 0 Å². The molecule has 1 saturated carbocycles. The van der Waals surface area contributed by atoms with Gasteiger partial charge in [0.2, 0.25) is 5.91 Å². The maximum Gasteiger partial charge on any atom is 0.261 e. The lowest BCUT2D eigenvalue weighted by atomic mass is 9.80. The Bertz CT molecular complexity index is 1040. The molecule has 0 bridgehead atoms. The second-order valence-electron chi connectivity index (χ2n) is 7.19. The van der Waals surface area contributed by atoms with E-state index in [-0.39, 0.29) is 16.6 Å². The summed E-state index contributed by atoms with van der Waals surface area (Å²) in [6.45, 7) is 1.43. The third kappa shape index (κ3) is 2.92. The number of nitrogens with one attached hydrogen (secondary N) is 2. The van der Waals surface area contributed by atoms with Crippen LogP contribution in [-0.4, -0.2) is 20.1 Å². The van der Waals surface area contributed by atoms with E-state index >= 15 is 0 Å². The molecule has 1 aliphatic carbocycles. The standard InChI is InChI=1S/C20H20N2O4S/c1-13(23)14-4-7-16(8-5-14)27(25,26)22-15-6-9-18-17(12-15)20(19(24)21-18)10-2-3-11-20/h4-9,12,22H,2-3,10-11H2,1H3,(H,21,24). The number of amides is 1. The molecule has 1 amide bonds. The molecule has 6 nitrogen and oxygen atoms in total. The molecule has 0 unspecified atom stereocenters. The summed E-state index contributed by atoms with van der Waals surface area (Å²) < 4.78 is 27.9. The van der Waals surface area contributed by atoms with E-state index in [0.29, 0.717) is 11.3 Å². The highest BCUT2D eigenvalue weighted by Gasteiger charge is 2.48. The normalized spacial score (nSPS) is 17.6. The van der Waals surface area contributed by atoms with E-state index in [4.69, 9.17) is 0 Å². The molecule has 27 heavy (non-hydrogen) atoms. The smallest absolute Gasteiger partial charge is 0.261 e. The quantitative estimate of drug-likeness (QED) is 0.790. The Morgan fingerprint density at radius 2 is 1.74 bits per heavy atom. The lowest BCUT2D eigenvalue weighted by Crippen LogP contribution is -2.31.